The Balaban J connectivity index is 1.49. The van der Waals surface area contributed by atoms with Gasteiger partial charge in [-0.15, -0.1) is 0 Å². The molecule has 2 aliphatic rings. The molecule has 0 bridgehead atoms. The highest BCUT2D eigenvalue weighted by Crippen LogP contribution is 2.66. The van der Waals surface area contributed by atoms with Crippen LogP contribution in [0.4, 0.5) is 5.69 Å². The first-order valence-corrected chi connectivity index (χ1v) is 9.25. The van der Waals surface area contributed by atoms with Gasteiger partial charge in [0.2, 0.25) is 5.91 Å². The van der Waals surface area contributed by atoms with Crippen molar-refractivity contribution in [2.45, 2.75) is 24.3 Å². The molecule has 0 saturated heterocycles. The molecular weight excluding hydrogens is 352 g/mol. The fourth-order valence-electron chi connectivity index (χ4n) is 4.43. The number of pyridine rings is 1. The zero-order valence-electron chi connectivity index (χ0n) is 15.1. The van der Waals surface area contributed by atoms with E-state index in [1.807, 2.05) is 41.4 Å². The summed E-state index contributed by atoms with van der Waals surface area (Å²) < 4.78 is 0. The fourth-order valence-corrected chi connectivity index (χ4v) is 4.43. The maximum Gasteiger partial charge on any atom is 0.335 e. The van der Waals surface area contributed by atoms with Gasteiger partial charge in [-0.05, 0) is 47.4 Å². The Bertz CT molecular complexity index is 1080. The molecule has 3 aromatic rings. The molecular formula is C23H18N2O3. The quantitative estimate of drug-likeness (QED) is 0.759. The van der Waals surface area contributed by atoms with Crippen LogP contribution < -0.4 is 4.90 Å². The Morgan fingerprint density at radius 1 is 1.11 bits per heavy atom. The van der Waals surface area contributed by atoms with Crippen LogP contribution >= 0.6 is 0 Å². The Kier molecular flexibility index (Phi) is 3.59. The van der Waals surface area contributed by atoms with Gasteiger partial charge in [-0.3, -0.25) is 9.78 Å². The lowest BCUT2D eigenvalue weighted by Crippen LogP contribution is -2.32. The summed E-state index contributed by atoms with van der Waals surface area (Å²) in [7, 11) is 0. The Labute approximate surface area is 162 Å². The van der Waals surface area contributed by atoms with Crippen LogP contribution in [0.2, 0.25) is 0 Å². The first-order valence-electron chi connectivity index (χ1n) is 9.25. The van der Waals surface area contributed by atoms with Crippen molar-refractivity contribution in [3.05, 3.63) is 95.3 Å². The van der Waals surface area contributed by atoms with Crippen LogP contribution in [0.25, 0.3) is 0 Å². The van der Waals surface area contributed by atoms with Crippen molar-refractivity contribution in [3.8, 4) is 0 Å². The topological polar surface area (TPSA) is 70.5 Å². The highest BCUT2D eigenvalue weighted by molar-refractivity contribution is 6.11. The number of hydrogen-bond donors (Lipinski definition) is 1. The summed E-state index contributed by atoms with van der Waals surface area (Å²) in [5.41, 5.74) is 3.77. The number of nitrogens with zero attached hydrogens (tertiary/aromatic N) is 2. The molecule has 1 aliphatic carbocycles. The third-order valence-electron chi connectivity index (χ3n) is 5.89. The lowest BCUT2D eigenvalue weighted by molar-refractivity contribution is -0.120. The summed E-state index contributed by atoms with van der Waals surface area (Å²) in [6.07, 6.45) is 4.39. The third-order valence-corrected chi connectivity index (χ3v) is 5.89. The predicted molar refractivity (Wildman–Crippen MR) is 104 cm³/mol. The summed E-state index contributed by atoms with van der Waals surface area (Å²) in [6.45, 7) is 0.428. The molecule has 2 heterocycles. The van der Waals surface area contributed by atoms with E-state index in [0.717, 1.165) is 28.8 Å². The number of carbonyl (C=O) groups excluding carboxylic acids is 1. The van der Waals surface area contributed by atoms with Crippen LogP contribution in [0.5, 0.6) is 0 Å². The normalized spacial score (nSPS) is 22.4. The molecule has 28 heavy (non-hydrogen) atoms. The van der Waals surface area contributed by atoms with Gasteiger partial charge in [-0.2, -0.15) is 0 Å². The van der Waals surface area contributed by atoms with Crippen molar-refractivity contribution in [1.82, 2.24) is 4.98 Å². The van der Waals surface area contributed by atoms with Crippen LogP contribution in [0.3, 0.4) is 0 Å². The number of rotatable bonds is 4. The standard InChI is InChI=1S/C23H18N2O3/c26-21(27)16-9-7-15(8-10-16)14-25-20-6-2-1-5-18(20)23(22(25)28)12-19(23)17-4-3-11-24-13-17/h1-11,13,19H,12,14H2,(H,26,27)/t19-,23-/m0/s1. The lowest BCUT2D eigenvalue weighted by Gasteiger charge is -2.18. The summed E-state index contributed by atoms with van der Waals surface area (Å²) in [6, 6.07) is 18.6. The molecule has 0 unspecified atom stereocenters. The number of aromatic carboxylic acids is 1. The summed E-state index contributed by atoms with van der Waals surface area (Å²) >= 11 is 0. The molecule has 1 aliphatic heterocycles. The second-order valence-corrected chi connectivity index (χ2v) is 7.42. The molecule has 1 saturated carbocycles. The maximum atomic E-state index is 13.5. The van der Waals surface area contributed by atoms with Crippen LogP contribution in [-0.2, 0) is 16.8 Å². The lowest BCUT2D eigenvalue weighted by atomic mass is 9.92. The molecule has 0 radical (unpaired) electrons. The van der Waals surface area contributed by atoms with E-state index in [9.17, 15) is 9.59 Å². The molecule has 5 nitrogen and oxygen atoms in total. The molecule has 2 aromatic carbocycles. The minimum Gasteiger partial charge on any atom is -0.478 e. The maximum absolute atomic E-state index is 13.5. The van der Waals surface area contributed by atoms with Crippen LogP contribution in [-0.4, -0.2) is 22.0 Å². The van der Waals surface area contributed by atoms with Gasteiger partial charge in [0, 0.05) is 24.0 Å². The number of carbonyl (C=O) groups is 2. The first kappa shape index (κ1) is 16.7. The molecule has 1 N–H and O–H groups in total. The van der Waals surface area contributed by atoms with Gasteiger partial charge >= 0.3 is 5.97 Å². The zero-order chi connectivity index (χ0) is 19.3. The van der Waals surface area contributed by atoms with Crippen LogP contribution in [0.1, 0.15) is 39.4 Å². The van der Waals surface area contributed by atoms with Gasteiger partial charge in [0.05, 0.1) is 17.5 Å². The van der Waals surface area contributed by atoms with Crippen molar-refractivity contribution < 1.29 is 14.7 Å². The predicted octanol–water partition coefficient (Wildman–Crippen LogP) is 3.75. The molecule has 1 amide bonds. The summed E-state index contributed by atoms with van der Waals surface area (Å²) in [5, 5.41) is 9.08. The summed E-state index contributed by atoms with van der Waals surface area (Å²) in [5.74, 6) is -0.690. The van der Waals surface area contributed by atoms with Crippen molar-refractivity contribution in [1.29, 1.82) is 0 Å². The van der Waals surface area contributed by atoms with Crippen molar-refractivity contribution in [2.24, 2.45) is 0 Å². The number of hydrogen-bond acceptors (Lipinski definition) is 3. The highest BCUT2D eigenvalue weighted by Gasteiger charge is 2.67. The number of carboxylic acid groups (broad SMARTS) is 1. The molecule has 5 heteroatoms. The fraction of sp³-hybridized carbons (Fsp3) is 0.174. The number of aromatic nitrogens is 1. The zero-order valence-corrected chi connectivity index (χ0v) is 15.1. The van der Waals surface area contributed by atoms with Crippen LogP contribution in [0.15, 0.2) is 73.1 Å². The van der Waals surface area contributed by atoms with E-state index in [1.165, 1.54) is 0 Å². The largest absolute Gasteiger partial charge is 0.478 e. The number of anilines is 1. The van der Waals surface area contributed by atoms with Gasteiger partial charge in [-0.1, -0.05) is 36.4 Å². The number of benzene rings is 2. The van der Waals surface area contributed by atoms with E-state index in [1.54, 1.807) is 30.5 Å². The third kappa shape index (κ3) is 2.36. The number of fused-ring (bicyclic) bond motifs is 2. The molecule has 5 rings (SSSR count). The number of amides is 1. The Hall–Kier alpha value is -3.47. The Morgan fingerprint density at radius 2 is 1.89 bits per heavy atom. The second-order valence-electron chi connectivity index (χ2n) is 7.42. The monoisotopic (exact) mass is 370 g/mol. The molecule has 1 aromatic heterocycles. The second kappa shape index (κ2) is 6.02. The van der Waals surface area contributed by atoms with E-state index in [4.69, 9.17) is 5.11 Å². The number of para-hydroxylation sites is 1. The molecule has 2 atom stereocenters. The van der Waals surface area contributed by atoms with E-state index >= 15 is 0 Å². The highest BCUT2D eigenvalue weighted by atomic mass is 16.4. The van der Waals surface area contributed by atoms with Crippen molar-refractivity contribution in [3.63, 3.8) is 0 Å². The molecule has 1 fully saturated rings. The Morgan fingerprint density at radius 3 is 2.61 bits per heavy atom. The van der Waals surface area contributed by atoms with Crippen molar-refractivity contribution >= 4 is 17.6 Å². The van der Waals surface area contributed by atoms with Gasteiger partial charge in [-0.25, -0.2) is 4.79 Å². The SMILES string of the molecule is O=C(O)c1ccc(CN2C(=O)[C@@]3(C[C@H]3c3cccnc3)c3ccccc32)cc1. The minimum absolute atomic E-state index is 0.116. The summed E-state index contributed by atoms with van der Waals surface area (Å²) in [4.78, 5) is 30.6. The molecule has 138 valence electrons. The van der Waals surface area contributed by atoms with E-state index in [-0.39, 0.29) is 17.4 Å². The smallest absolute Gasteiger partial charge is 0.335 e. The number of carboxylic acids is 1. The van der Waals surface area contributed by atoms with Gasteiger partial charge in [0.1, 0.15) is 0 Å². The first-order chi connectivity index (χ1) is 13.6. The van der Waals surface area contributed by atoms with Gasteiger partial charge in [0.25, 0.3) is 0 Å². The van der Waals surface area contributed by atoms with Gasteiger partial charge < -0.3 is 10.0 Å². The molecule has 1 spiro atoms. The minimum atomic E-state index is -0.953. The van der Waals surface area contributed by atoms with E-state index < -0.39 is 11.4 Å². The average Bonchev–Trinajstić information content (AvgIpc) is 3.44. The van der Waals surface area contributed by atoms with E-state index in [0.29, 0.717) is 6.54 Å². The van der Waals surface area contributed by atoms with E-state index in [2.05, 4.69) is 11.1 Å². The van der Waals surface area contributed by atoms with Crippen molar-refractivity contribution in [2.75, 3.05) is 4.90 Å². The average molecular weight is 370 g/mol. The van der Waals surface area contributed by atoms with Gasteiger partial charge in [0.15, 0.2) is 0 Å². The van der Waals surface area contributed by atoms with Crippen LogP contribution in [0, 0.1) is 0 Å².